The zero-order valence-corrected chi connectivity index (χ0v) is 12.1. The second-order valence-electron chi connectivity index (χ2n) is 5.21. The van der Waals surface area contributed by atoms with E-state index in [4.69, 9.17) is 0 Å². The summed E-state index contributed by atoms with van der Waals surface area (Å²) in [5.41, 5.74) is 0.663. The summed E-state index contributed by atoms with van der Waals surface area (Å²) in [5, 5.41) is 4.12. The van der Waals surface area contributed by atoms with Crippen LogP contribution in [0.15, 0.2) is 10.7 Å². The Hall–Kier alpha value is -0.880. The number of quaternary nitrogens is 1. The van der Waals surface area contributed by atoms with Gasteiger partial charge in [-0.3, -0.25) is 9.48 Å². The maximum Gasteiger partial charge on any atom is 0.273 e. The molecule has 0 saturated carbocycles. The van der Waals surface area contributed by atoms with Gasteiger partial charge in [0.2, 0.25) is 0 Å². The number of nitrogens with zero attached hydrogens (tertiary/aromatic N) is 3. The van der Waals surface area contributed by atoms with Crippen molar-refractivity contribution in [3.05, 3.63) is 16.4 Å². The standard InChI is InChI=1S/C12H17BrN4O/c1-15-11(10(13)7-14-15)12(18)17-6-5-16-4-2-3-9(16)8-17/h7,9H,2-6,8H2,1H3/p+1/t9-/m1/s1. The van der Waals surface area contributed by atoms with E-state index >= 15 is 0 Å². The molecule has 0 aromatic carbocycles. The van der Waals surface area contributed by atoms with Gasteiger partial charge in [-0.25, -0.2) is 0 Å². The van der Waals surface area contributed by atoms with Crippen LogP contribution in [0.3, 0.4) is 0 Å². The van der Waals surface area contributed by atoms with Gasteiger partial charge in [-0.05, 0) is 15.9 Å². The van der Waals surface area contributed by atoms with E-state index in [1.807, 2.05) is 11.9 Å². The zero-order chi connectivity index (χ0) is 12.7. The van der Waals surface area contributed by atoms with E-state index in [0.717, 1.165) is 24.1 Å². The third-order valence-electron chi connectivity index (χ3n) is 4.16. The quantitative estimate of drug-likeness (QED) is 0.772. The molecule has 2 atom stereocenters. The Bertz CT molecular complexity index is 453. The molecule has 3 rings (SSSR count). The van der Waals surface area contributed by atoms with Gasteiger partial charge >= 0.3 is 0 Å². The highest BCUT2D eigenvalue weighted by Gasteiger charge is 2.37. The van der Waals surface area contributed by atoms with Crippen molar-refractivity contribution in [3.63, 3.8) is 0 Å². The molecule has 5 nitrogen and oxygen atoms in total. The molecule has 0 radical (unpaired) electrons. The number of hydrogen-bond acceptors (Lipinski definition) is 2. The van der Waals surface area contributed by atoms with Crippen LogP contribution in [0.5, 0.6) is 0 Å². The molecule has 1 aromatic heterocycles. The van der Waals surface area contributed by atoms with Crippen molar-refractivity contribution in [2.24, 2.45) is 7.05 Å². The van der Waals surface area contributed by atoms with Gasteiger partial charge in [0.15, 0.2) is 0 Å². The van der Waals surface area contributed by atoms with Crippen LogP contribution in [0.2, 0.25) is 0 Å². The first-order valence-corrected chi connectivity index (χ1v) is 7.27. The van der Waals surface area contributed by atoms with Gasteiger partial charge in [0.1, 0.15) is 11.7 Å². The number of hydrogen-bond donors (Lipinski definition) is 1. The Morgan fingerprint density at radius 3 is 3.11 bits per heavy atom. The maximum absolute atomic E-state index is 12.5. The summed E-state index contributed by atoms with van der Waals surface area (Å²) in [5.74, 6) is 0.104. The van der Waals surface area contributed by atoms with Gasteiger partial charge in [-0.15, -0.1) is 0 Å². The van der Waals surface area contributed by atoms with Gasteiger partial charge in [-0.2, -0.15) is 5.10 Å². The van der Waals surface area contributed by atoms with Crippen LogP contribution in [0.25, 0.3) is 0 Å². The van der Waals surface area contributed by atoms with Crippen LogP contribution in [-0.2, 0) is 7.05 Å². The summed E-state index contributed by atoms with van der Waals surface area (Å²) < 4.78 is 2.44. The van der Waals surface area contributed by atoms with E-state index in [1.54, 1.807) is 15.8 Å². The molecule has 0 spiro atoms. The summed E-state index contributed by atoms with van der Waals surface area (Å²) in [6.45, 7) is 4.13. The normalized spacial score (nSPS) is 27.3. The molecule has 1 aromatic rings. The van der Waals surface area contributed by atoms with Crippen LogP contribution in [0, 0.1) is 0 Å². The minimum absolute atomic E-state index is 0.104. The first kappa shape index (κ1) is 12.2. The Morgan fingerprint density at radius 1 is 1.56 bits per heavy atom. The van der Waals surface area contributed by atoms with Crippen molar-refractivity contribution in [1.82, 2.24) is 14.7 Å². The molecule has 18 heavy (non-hydrogen) atoms. The molecule has 1 unspecified atom stereocenters. The number of carbonyl (C=O) groups excluding carboxylic acids is 1. The highest BCUT2D eigenvalue weighted by Crippen LogP contribution is 2.18. The molecule has 0 aliphatic carbocycles. The molecule has 1 N–H and O–H groups in total. The van der Waals surface area contributed by atoms with Gasteiger partial charge < -0.3 is 9.80 Å². The molecule has 98 valence electrons. The number of amides is 1. The number of nitrogens with one attached hydrogen (secondary N) is 1. The van der Waals surface area contributed by atoms with E-state index < -0.39 is 0 Å². The molecular formula is C12H18BrN4O+. The predicted molar refractivity (Wildman–Crippen MR) is 70.5 cm³/mol. The molecular weight excluding hydrogens is 296 g/mol. The third-order valence-corrected chi connectivity index (χ3v) is 4.74. The summed E-state index contributed by atoms with van der Waals surface area (Å²) in [4.78, 5) is 16.2. The fourth-order valence-electron chi connectivity index (χ4n) is 3.15. The lowest BCUT2D eigenvalue weighted by molar-refractivity contribution is -0.916. The van der Waals surface area contributed by atoms with E-state index in [0.29, 0.717) is 11.7 Å². The lowest BCUT2D eigenvalue weighted by atomic mass is 10.1. The Morgan fingerprint density at radius 2 is 2.39 bits per heavy atom. The van der Waals surface area contributed by atoms with E-state index in [9.17, 15) is 4.79 Å². The number of fused-ring (bicyclic) bond motifs is 1. The molecule has 0 bridgehead atoms. The SMILES string of the molecule is Cn1ncc(Br)c1C(=O)N1CC[NH+]2CCC[C@@H]2C1. The lowest BCUT2D eigenvalue weighted by Crippen LogP contribution is -3.16. The first-order valence-electron chi connectivity index (χ1n) is 6.48. The highest BCUT2D eigenvalue weighted by molar-refractivity contribution is 9.10. The van der Waals surface area contributed by atoms with Crippen molar-refractivity contribution in [1.29, 1.82) is 0 Å². The van der Waals surface area contributed by atoms with Crippen molar-refractivity contribution in [2.75, 3.05) is 26.2 Å². The van der Waals surface area contributed by atoms with E-state index in [2.05, 4.69) is 21.0 Å². The fourth-order valence-corrected chi connectivity index (χ4v) is 3.67. The van der Waals surface area contributed by atoms with Crippen LogP contribution in [0.4, 0.5) is 0 Å². The third kappa shape index (κ3) is 1.97. The number of halogens is 1. The number of aromatic nitrogens is 2. The second-order valence-corrected chi connectivity index (χ2v) is 6.07. The Kier molecular flexibility index (Phi) is 3.15. The Labute approximate surface area is 115 Å². The summed E-state index contributed by atoms with van der Waals surface area (Å²) in [6, 6.07) is 0.648. The van der Waals surface area contributed by atoms with Crippen molar-refractivity contribution in [2.45, 2.75) is 18.9 Å². The molecule has 2 saturated heterocycles. The van der Waals surface area contributed by atoms with Gasteiger partial charge in [0, 0.05) is 19.9 Å². The molecule has 6 heteroatoms. The summed E-state index contributed by atoms with van der Waals surface area (Å²) in [6.07, 6.45) is 4.24. The summed E-state index contributed by atoms with van der Waals surface area (Å²) >= 11 is 3.40. The van der Waals surface area contributed by atoms with Crippen molar-refractivity contribution >= 4 is 21.8 Å². The number of rotatable bonds is 1. The average molecular weight is 314 g/mol. The minimum Gasteiger partial charge on any atom is -0.330 e. The monoisotopic (exact) mass is 313 g/mol. The topological polar surface area (TPSA) is 42.6 Å². The minimum atomic E-state index is 0.104. The average Bonchev–Trinajstić information content (AvgIpc) is 2.94. The van der Waals surface area contributed by atoms with E-state index in [1.165, 1.54) is 19.4 Å². The predicted octanol–water partition coefficient (Wildman–Crippen LogP) is -0.314. The summed E-state index contributed by atoms with van der Waals surface area (Å²) in [7, 11) is 1.81. The van der Waals surface area contributed by atoms with Gasteiger partial charge in [0.25, 0.3) is 5.91 Å². The van der Waals surface area contributed by atoms with Crippen LogP contribution >= 0.6 is 15.9 Å². The molecule has 2 aliphatic heterocycles. The van der Waals surface area contributed by atoms with Crippen LogP contribution < -0.4 is 4.90 Å². The highest BCUT2D eigenvalue weighted by atomic mass is 79.9. The van der Waals surface area contributed by atoms with Crippen LogP contribution in [0.1, 0.15) is 23.3 Å². The Balaban J connectivity index is 1.77. The number of carbonyl (C=O) groups is 1. The molecule has 1 amide bonds. The van der Waals surface area contributed by atoms with E-state index in [-0.39, 0.29) is 5.91 Å². The lowest BCUT2D eigenvalue weighted by Gasteiger charge is -2.34. The fraction of sp³-hybridized carbons (Fsp3) is 0.667. The van der Waals surface area contributed by atoms with Crippen molar-refractivity contribution in [3.8, 4) is 0 Å². The van der Waals surface area contributed by atoms with Crippen LogP contribution in [-0.4, -0.2) is 52.8 Å². The maximum atomic E-state index is 12.5. The number of aryl methyl sites for hydroxylation is 1. The van der Waals surface area contributed by atoms with Gasteiger partial charge in [-0.1, -0.05) is 0 Å². The number of piperazine rings is 1. The molecule has 3 heterocycles. The van der Waals surface area contributed by atoms with Crippen molar-refractivity contribution < 1.29 is 9.69 Å². The van der Waals surface area contributed by atoms with Gasteiger partial charge in [0.05, 0.1) is 36.8 Å². The largest absolute Gasteiger partial charge is 0.330 e. The first-order chi connectivity index (χ1) is 8.66. The molecule has 2 aliphatic rings. The smallest absolute Gasteiger partial charge is 0.273 e. The zero-order valence-electron chi connectivity index (χ0n) is 10.5. The molecule has 2 fully saturated rings. The second kappa shape index (κ2) is 4.66.